The number of rotatable bonds is 7. The number of hydrogen-bond acceptors (Lipinski definition) is 7. The Balaban J connectivity index is 1.43. The number of piperidine rings is 1. The van der Waals surface area contributed by atoms with Crippen LogP contribution < -0.4 is 9.46 Å². The Labute approximate surface area is 168 Å². The number of nitrogens with one attached hydrogen (secondary N) is 1. The van der Waals surface area contributed by atoms with Crippen LogP contribution in [0, 0.1) is 0 Å². The number of aromatic nitrogens is 2. The van der Waals surface area contributed by atoms with E-state index in [1.54, 1.807) is 0 Å². The standard InChI is InChI=1S/C17H23ClN4O5S/c18-12-10-19-17(20-11-12)27-14-6-4-13(5-7-14)21-28(25,26)9-8-22-15(23)2-1-3-16(22)24/h10-11,13-14,21H,1-9H2. The Morgan fingerprint density at radius 1 is 1.11 bits per heavy atom. The zero-order valence-electron chi connectivity index (χ0n) is 15.3. The molecule has 9 nitrogen and oxygen atoms in total. The highest BCUT2D eigenvalue weighted by molar-refractivity contribution is 7.89. The molecule has 0 unspecified atom stereocenters. The quantitative estimate of drug-likeness (QED) is 0.647. The summed E-state index contributed by atoms with van der Waals surface area (Å²) in [6, 6.07) is 0.0630. The number of sulfonamides is 1. The van der Waals surface area contributed by atoms with Crippen molar-refractivity contribution in [1.29, 1.82) is 0 Å². The fraction of sp³-hybridized carbons (Fsp3) is 0.647. The lowest BCUT2D eigenvalue weighted by Gasteiger charge is -2.29. The van der Waals surface area contributed by atoms with E-state index in [0.717, 1.165) is 4.90 Å². The van der Waals surface area contributed by atoms with Gasteiger partial charge in [0.05, 0.1) is 23.2 Å². The number of halogens is 1. The zero-order valence-corrected chi connectivity index (χ0v) is 16.9. The van der Waals surface area contributed by atoms with Gasteiger partial charge in [-0.05, 0) is 32.1 Å². The maximum atomic E-state index is 12.3. The molecule has 2 aliphatic rings. The van der Waals surface area contributed by atoms with Crippen LogP contribution in [0.15, 0.2) is 12.4 Å². The largest absolute Gasteiger partial charge is 0.460 e. The van der Waals surface area contributed by atoms with Crippen molar-refractivity contribution in [2.75, 3.05) is 12.3 Å². The third kappa shape index (κ3) is 5.86. The summed E-state index contributed by atoms with van der Waals surface area (Å²) in [4.78, 5) is 32.6. The number of carbonyl (C=O) groups is 2. The molecule has 0 radical (unpaired) electrons. The van der Waals surface area contributed by atoms with Crippen LogP contribution >= 0.6 is 11.6 Å². The summed E-state index contributed by atoms with van der Waals surface area (Å²) in [5.41, 5.74) is 0. The van der Waals surface area contributed by atoms with Crippen molar-refractivity contribution >= 4 is 33.4 Å². The molecular weight excluding hydrogens is 408 g/mol. The van der Waals surface area contributed by atoms with Crippen LogP contribution in [0.2, 0.25) is 5.02 Å². The molecule has 0 bridgehead atoms. The molecule has 154 valence electrons. The van der Waals surface area contributed by atoms with Crippen molar-refractivity contribution in [3.05, 3.63) is 17.4 Å². The molecule has 2 fully saturated rings. The van der Waals surface area contributed by atoms with Gasteiger partial charge in [0.2, 0.25) is 21.8 Å². The van der Waals surface area contributed by atoms with Gasteiger partial charge in [-0.3, -0.25) is 14.5 Å². The molecule has 0 spiro atoms. The van der Waals surface area contributed by atoms with Crippen LogP contribution in [0.5, 0.6) is 6.01 Å². The zero-order chi connectivity index (χ0) is 20.1. The Morgan fingerprint density at radius 2 is 1.71 bits per heavy atom. The SMILES string of the molecule is O=C1CCCC(=O)N1CCS(=O)(=O)NC1CCC(Oc2ncc(Cl)cn2)CC1. The van der Waals surface area contributed by atoms with E-state index < -0.39 is 10.0 Å². The van der Waals surface area contributed by atoms with Gasteiger partial charge in [0.25, 0.3) is 0 Å². The number of ether oxygens (including phenoxy) is 1. The maximum absolute atomic E-state index is 12.3. The summed E-state index contributed by atoms with van der Waals surface area (Å²) < 4.78 is 33.0. The van der Waals surface area contributed by atoms with Gasteiger partial charge >= 0.3 is 6.01 Å². The third-order valence-corrected chi connectivity index (χ3v) is 6.46. The first-order valence-corrected chi connectivity index (χ1v) is 11.3. The minimum atomic E-state index is -3.58. The minimum absolute atomic E-state index is 0.0782. The van der Waals surface area contributed by atoms with Gasteiger partial charge in [-0.15, -0.1) is 0 Å². The van der Waals surface area contributed by atoms with Crippen LogP contribution in [0.25, 0.3) is 0 Å². The van der Waals surface area contributed by atoms with E-state index in [1.807, 2.05) is 0 Å². The summed E-state index contributed by atoms with van der Waals surface area (Å²) in [5.74, 6) is -0.874. The first-order valence-electron chi connectivity index (χ1n) is 9.30. The van der Waals surface area contributed by atoms with Gasteiger partial charge in [-0.1, -0.05) is 11.6 Å². The van der Waals surface area contributed by atoms with Gasteiger partial charge in [-0.2, -0.15) is 0 Å². The number of imide groups is 1. The first kappa shape index (κ1) is 20.9. The molecule has 1 aromatic heterocycles. The summed E-state index contributed by atoms with van der Waals surface area (Å²) in [7, 11) is -3.58. The van der Waals surface area contributed by atoms with Crippen molar-refractivity contribution in [3.63, 3.8) is 0 Å². The molecule has 2 heterocycles. The minimum Gasteiger partial charge on any atom is -0.460 e. The van der Waals surface area contributed by atoms with E-state index in [4.69, 9.17) is 16.3 Å². The van der Waals surface area contributed by atoms with Crippen LogP contribution in [0.3, 0.4) is 0 Å². The second-order valence-electron chi connectivity index (χ2n) is 7.00. The molecule has 1 aromatic rings. The fourth-order valence-corrected chi connectivity index (χ4v) is 4.76. The normalized spacial score (nSPS) is 23.7. The summed E-state index contributed by atoms with van der Waals surface area (Å²) >= 11 is 5.74. The van der Waals surface area contributed by atoms with Crippen molar-refractivity contribution < 1.29 is 22.7 Å². The lowest BCUT2D eigenvalue weighted by molar-refractivity contribution is -0.147. The predicted octanol–water partition coefficient (Wildman–Crippen LogP) is 1.28. The summed E-state index contributed by atoms with van der Waals surface area (Å²) in [6.45, 7) is -0.0979. The molecular formula is C17H23ClN4O5S. The number of carbonyl (C=O) groups excluding carboxylic acids is 2. The molecule has 2 amide bonds. The molecule has 1 aliphatic carbocycles. The summed E-state index contributed by atoms with van der Waals surface area (Å²) in [6.07, 6.45) is 6.55. The van der Waals surface area contributed by atoms with Crippen molar-refractivity contribution in [2.45, 2.75) is 57.1 Å². The van der Waals surface area contributed by atoms with Crippen LogP contribution in [-0.2, 0) is 19.6 Å². The first-order chi connectivity index (χ1) is 13.3. The van der Waals surface area contributed by atoms with Crippen molar-refractivity contribution in [2.24, 2.45) is 0 Å². The van der Waals surface area contributed by atoms with E-state index >= 15 is 0 Å². The van der Waals surface area contributed by atoms with Gasteiger partial charge in [-0.25, -0.2) is 23.1 Å². The van der Waals surface area contributed by atoms with E-state index in [2.05, 4.69) is 14.7 Å². The second-order valence-corrected chi connectivity index (χ2v) is 9.31. The summed E-state index contributed by atoms with van der Waals surface area (Å²) in [5, 5.41) is 0.429. The van der Waals surface area contributed by atoms with Crippen molar-refractivity contribution in [1.82, 2.24) is 19.6 Å². The topological polar surface area (TPSA) is 119 Å². The Hall–Kier alpha value is -1.78. The Bertz CT molecular complexity index is 793. The molecule has 1 saturated heterocycles. The smallest absolute Gasteiger partial charge is 0.316 e. The average molecular weight is 431 g/mol. The molecule has 1 saturated carbocycles. The highest BCUT2D eigenvalue weighted by Gasteiger charge is 2.29. The third-order valence-electron chi connectivity index (χ3n) is 4.86. The number of likely N-dealkylation sites (tertiary alicyclic amines) is 1. The number of nitrogens with zero attached hydrogens (tertiary/aromatic N) is 3. The average Bonchev–Trinajstić information content (AvgIpc) is 2.64. The van der Waals surface area contributed by atoms with Crippen molar-refractivity contribution in [3.8, 4) is 6.01 Å². The lowest BCUT2D eigenvalue weighted by atomic mass is 9.94. The monoisotopic (exact) mass is 430 g/mol. The maximum Gasteiger partial charge on any atom is 0.316 e. The van der Waals surface area contributed by atoms with Gasteiger partial charge in [0, 0.05) is 25.4 Å². The molecule has 0 atom stereocenters. The molecule has 1 N–H and O–H groups in total. The van der Waals surface area contributed by atoms with E-state index in [-0.39, 0.29) is 42.3 Å². The molecule has 3 rings (SSSR count). The highest BCUT2D eigenvalue weighted by Crippen LogP contribution is 2.23. The second kappa shape index (κ2) is 9.15. The van der Waals surface area contributed by atoms with E-state index in [0.29, 0.717) is 50.0 Å². The molecule has 1 aliphatic heterocycles. The van der Waals surface area contributed by atoms with E-state index in [1.165, 1.54) is 12.4 Å². The van der Waals surface area contributed by atoms with Gasteiger partial charge in [0.15, 0.2) is 0 Å². The molecule has 0 aromatic carbocycles. The number of amides is 2. The highest BCUT2D eigenvalue weighted by atomic mass is 35.5. The molecule has 28 heavy (non-hydrogen) atoms. The Morgan fingerprint density at radius 3 is 2.32 bits per heavy atom. The number of hydrogen-bond donors (Lipinski definition) is 1. The lowest BCUT2D eigenvalue weighted by Crippen LogP contribution is -2.46. The Kier molecular flexibility index (Phi) is 6.84. The van der Waals surface area contributed by atoms with Gasteiger partial charge in [0.1, 0.15) is 6.10 Å². The predicted molar refractivity (Wildman–Crippen MR) is 101 cm³/mol. The molecule has 11 heteroatoms. The van der Waals surface area contributed by atoms with Crippen LogP contribution in [0.1, 0.15) is 44.9 Å². The van der Waals surface area contributed by atoms with Crippen LogP contribution in [0.4, 0.5) is 0 Å². The van der Waals surface area contributed by atoms with Gasteiger partial charge < -0.3 is 4.74 Å². The fourth-order valence-electron chi connectivity index (χ4n) is 3.38. The van der Waals surface area contributed by atoms with E-state index in [9.17, 15) is 18.0 Å². The van der Waals surface area contributed by atoms with Crippen LogP contribution in [-0.4, -0.2) is 59.5 Å².